The first-order chi connectivity index (χ1) is 7.83. The number of nitrogens with zero attached hydrogens (tertiary/aromatic N) is 4. The summed E-state index contributed by atoms with van der Waals surface area (Å²) in [5.41, 5.74) is 2.30. The fourth-order valence-corrected chi connectivity index (χ4v) is 2.05. The highest BCUT2D eigenvalue weighted by Gasteiger charge is 2.19. The van der Waals surface area contributed by atoms with E-state index >= 15 is 0 Å². The van der Waals surface area contributed by atoms with Gasteiger partial charge in [0.25, 0.3) is 0 Å². The minimum Gasteiger partial charge on any atom is -0.350 e. The molecule has 3 rings (SSSR count). The molecule has 0 saturated heterocycles. The zero-order chi connectivity index (χ0) is 11.0. The normalized spacial score (nSPS) is 14.9. The van der Waals surface area contributed by atoms with Crippen molar-refractivity contribution >= 4 is 17.4 Å². The largest absolute Gasteiger partial charge is 0.350 e. The number of hydrogen-bond donors (Lipinski definition) is 1. The van der Waals surface area contributed by atoms with Crippen LogP contribution in [0.2, 0.25) is 5.15 Å². The third-order valence-corrected chi connectivity index (χ3v) is 2.92. The molecule has 0 amide bonds. The summed E-state index contributed by atoms with van der Waals surface area (Å²) in [4.78, 5) is 17.7. The number of fused-ring (bicyclic) bond motifs is 1. The van der Waals surface area contributed by atoms with Crippen molar-refractivity contribution in [2.24, 2.45) is 0 Å². The van der Waals surface area contributed by atoms with Crippen molar-refractivity contribution in [3.8, 4) is 0 Å². The highest BCUT2D eigenvalue weighted by atomic mass is 35.5. The molecule has 1 N–H and O–H groups in total. The molecular weight excluding hydrogens is 226 g/mol. The molecule has 5 nitrogen and oxygen atoms in total. The highest BCUT2D eigenvalue weighted by molar-refractivity contribution is 6.29. The second-order valence-corrected chi connectivity index (χ2v) is 4.09. The predicted molar refractivity (Wildman–Crippen MR) is 60.4 cm³/mol. The summed E-state index contributed by atoms with van der Waals surface area (Å²) in [6.07, 6.45) is 4.15. The van der Waals surface area contributed by atoms with E-state index in [0.717, 1.165) is 36.7 Å². The number of aromatic amines is 1. The molecule has 0 aromatic carbocycles. The second-order valence-electron chi connectivity index (χ2n) is 3.70. The van der Waals surface area contributed by atoms with Gasteiger partial charge in [0.05, 0.1) is 24.3 Å². The van der Waals surface area contributed by atoms with Crippen molar-refractivity contribution in [3.05, 3.63) is 35.3 Å². The van der Waals surface area contributed by atoms with E-state index in [4.69, 9.17) is 11.6 Å². The Morgan fingerprint density at radius 1 is 1.31 bits per heavy atom. The lowest BCUT2D eigenvalue weighted by atomic mass is 10.1. The van der Waals surface area contributed by atoms with Crippen molar-refractivity contribution < 1.29 is 0 Å². The maximum Gasteiger partial charge on any atom is 0.134 e. The fraction of sp³-hybridized carbons (Fsp3) is 0.300. The minimum absolute atomic E-state index is 0.473. The molecule has 0 unspecified atom stereocenters. The van der Waals surface area contributed by atoms with Gasteiger partial charge < -0.3 is 9.88 Å². The Balaban J connectivity index is 1.88. The third-order valence-electron chi connectivity index (χ3n) is 2.72. The van der Waals surface area contributed by atoms with Crippen molar-refractivity contribution in [1.29, 1.82) is 0 Å². The molecule has 1 aliphatic heterocycles. The summed E-state index contributed by atoms with van der Waals surface area (Å²) in [6, 6.07) is 1.78. The zero-order valence-corrected chi connectivity index (χ0v) is 9.28. The van der Waals surface area contributed by atoms with Gasteiger partial charge in [0.2, 0.25) is 0 Å². The molecule has 0 aliphatic carbocycles. The Morgan fingerprint density at radius 2 is 2.25 bits per heavy atom. The van der Waals surface area contributed by atoms with Gasteiger partial charge in [-0.05, 0) is 0 Å². The molecule has 2 aromatic heterocycles. The lowest BCUT2D eigenvalue weighted by Gasteiger charge is -2.26. The van der Waals surface area contributed by atoms with E-state index in [-0.39, 0.29) is 0 Å². The van der Waals surface area contributed by atoms with Crippen LogP contribution in [0.3, 0.4) is 0 Å². The third kappa shape index (κ3) is 1.63. The molecular formula is C10H10ClN5. The van der Waals surface area contributed by atoms with Gasteiger partial charge >= 0.3 is 0 Å². The van der Waals surface area contributed by atoms with Crippen LogP contribution in [0.15, 0.2) is 18.7 Å². The monoisotopic (exact) mass is 235 g/mol. The van der Waals surface area contributed by atoms with Crippen molar-refractivity contribution in [2.45, 2.75) is 13.0 Å². The van der Waals surface area contributed by atoms with Gasteiger partial charge in [0.15, 0.2) is 0 Å². The molecule has 0 radical (unpaired) electrons. The Bertz CT molecular complexity index is 509. The van der Waals surface area contributed by atoms with E-state index in [1.54, 1.807) is 12.4 Å². The van der Waals surface area contributed by atoms with E-state index < -0.39 is 0 Å². The maximum absolute atomic E-state index is 5.85. The minimum atomic E-state index is 0.473. The van der Waals surface area contributed by atoms with Crippen LogP contribution in [0.1, 0.15) is 11.4 Å². The molecule has 3 heterocycles. The Morgan fingerprint density at radius 3 is 3.12 bits per heavy atom. The lowest BCUT2D eigenvalue weighted by Crippen LogP contribution is -2.31. The standard InChI is InChI=1S/C10H10ClN5/c11-9-3-10(15-6-14-9)16-2-1-7-8(4-16)13-5-12-7/h3,5-6H,1-2,4H2,(H,12,13). The average Bonchev–Trinajstić information content (AvgIpc) is 2.75. The highest BCUT2D eigenvalue weighted by Crippen LogP contribution is 2.21. The topological polar surface area (TPSA) is 57.7 Å². The molecule has 6 heteroatoms. The molecule has 0 atom stereocenters. The van der Waals surface area contributed by atoms with Gasteiger partial charge in [0.1, 0.15) is 17.3 Å². The number of aromatic nitrogens is 4. The number of anilines is 1. The summed E-state index contributed by atoms with van der Waals surface area (Å²) in [5, 5.41) is 0.473. The fourth-order valence-electron chi connectivity index (χ4n) is 1.91. The first-order valence-corrected chi connectivity index (χ1v) is 5.44. The second kappa shape index (κ2) is 3.75. The first kappa shape index (κ1) is 9.59. The van der Waals surface area contributed by atoms with Crippen LogP contribution in [0, 0.1) is 0 Å². The van der Waals surface area contributed by atoms with E-state index in [1.165, 1.54) is 6.33 Å². The van der Waals surface area contributed by atoms with Crippen molar-refractivity contribution in [1.82, 2.24) is 19.9 Å². The number of hydrogen-bond acceptors (Lipinski definition) is 4. The summed E-state index contributed by atoms with van der Waals surface area (Å²) in [7, 11) is 0. The van der Waals surface area contributed by atoms with Crippen LogP contribution < -0.4 is 4.90 Å². The van der Waals surface area contributed by atoms with Gasteiger partial charge in [0, 0.05) is 19.0 Å². The predicted octanol–water partition coefficient (Wildman–Crippen LogP) is 1.42. The summed E-state index contributed by atoms with van der Waals surface area (Å²) >= 11 is 5.85. The zero-order valence-electron chi connectivity index (χ0n) is 8.52. The van der Waals surface area contributed by atoms with Crippen LogP contribution in [-0.4, -0.2) is 26.5 Å². The van der Waals surface area contributed by atoms with E-state index in [0.29, 0.717) is 5.15 Å². The molecule has 1 aliphatic rings. The Labute approximate surface area is 97.5 Å². The number of H-pyrrole nitrogens is 1. The number of halogens is 1. The number of nitrogens with one attached hydrogen (secondary N) is 1. The quantitative estimate of drug-likeness (QED) is 0.760. The van der Waals surface area contributed by atoms with E-state index in [2.05, 4.69) is 24.8 Å². The van der Waals surface area contributed by atoms with Gasteiger partial charge in [-0.1, -0.05) is 11.6 Å². The summed E-state index contributed by atoms with van der Waals surface area (Å²) < 4.78 is 0. The number of rotatable bonds is 1. The van der Waals surface area contributed by atoms with E-state index in [1.807, 2.05) is 0 Å². The van der Waals surface area contributed by atoms with Crippen LogP contribution >= 0.6 is 11.6 Å². The lowest BCUT2D eigenvalue weighted by molar-refractivity contribution is 0.700. The van der Waals surface area contributed by atoms with Gasteiger partial charge in [-0.3, -0.25) is 0 Å². The molecule has 0 bridgehead atoms. The molecule has 0 spiro atoms. The Kier molecular flexibility index (Phi) is 2.25. The number of imidazole rings is 1. The molecule has 16 heavy (non-hydrogen) atoms. The Hall–Kier alpha value is -1.62. The van der Waals surface area contributed by atoms with Gasteiger partial charge in [-0.15, -0.1) is 0 Å². The molecule has 2 aromatic rings. The molecule has 0 saturated carbocycles. The first-order valence-electron chi connectivity index (χ1n) is 5.06. The smallest absolute Gasteiger partial charge is 0.134 e. The van der Waals surface area contributed by atoms with Crippen molar-refractivity contribution in [2.75, 3.05) is 11.4 Å². The summed E-state index contributed by atoms with van der Waals surface area (Å²) in [6.45, 7) is 1.70. The van der Waals surface area contributed by atoms with Crippen LogP contribution in [0.5, 0.6) is 0 Å². The van der Waals surface area contributed by atoms with E-state index in [9.17, 15) is 0 Å². The molecule has 0 fully saturated rings. The van der Waals surface area contributed by atoms with Crippen molar-refractivity contribution in [3.63, 3.8) is 0 Å². The van der Waals surface area contributed by atoms with Crippen LogP contribution in [-0.2, 0) is 13.0 Å². The molecule has 82 valence electrons. The summed E-state index contributed by atoms with van der Waals surface area (Å²) in [5.74, 6) is 0.861. The van der Waals surface area contributed by atoms with Gasteiger partial charge in [-0.2, -0.15) is 0 Å². The maximum atomic E-state index is 5.85. The average molecular weight is 236 g/mol. The van der Waals surface area contributed by atoms with Gasteiger partial charge in [-0.25, -0.2) is 15.0 Å². The van der Waals surface area contributed by atoms with Crippen LogP contribution in [0.4, 0.5) is 5.82 Å². The SMILES string of the molecule is Clc1cc(N2CCc3nc[nH]c3C2)ncn1. The van der Waals surface area contributed by atoms with Crippen LogP contribution in [0.25, 0.3) is 0 Å².